The molecule has 0 radical (unpaired) electrons. The lowest BCUT2D eigenvalue weighted by Crippen LogP contribution is -2.59. The average molecular weight is 291 g/mol. The Morgan fingerprint density at radius 2 is 2.10 bits per heavy atom. The van der Waals surface area contributed by atoms with Crippen molar-refractivity contribution in [3.05, 3.63) is 10.4 Å². The van der Waals surface area contributed by atoms with Crippen LogP contribution in [0, 0.1) is 0 Å². The Morgan fingerprint density at radius 1 is 1.40 bits per heavy atom. The van der Waals surface area contributed by atoms with E-state index in [0.29, 0.717) is 0 Å². The summed E-state index contributed by atoms with van der Waals surface area (Å²) in [6, 6.07) is -0.889. The molecule has 0 unspecified atom stereocenters. The third kappa shape index (κ3) is 3.79. The molecule has 0 aromatic rings. The van der Waals surface area contributed by atoms with Gasteiger partial charge < -0.3 is 29.2 Å². The zero-order chi connectivity index (χ0) is 15.1. The van der Waals surface area contributed by atoms with Crippen LogP contribution in [0.2, 0.25) is 0 Å². The van der Waals surface area contributed by atoms with E-state index in [1.54, 1.807) is 0 Å². The van der Waals surface area contributed by atoms with Crippen LogP contribution in [-0.2, 0) is 23.7 Å². The van der Waals surface area contributed by atoms with Gasteiger partial charge in [0.05, 0.1) is 18.8 Å². The van der Waals surface area contributed by atoms with Gasteiger partial charge in [0, 0.05) is 19.1 Å². The van der Waals surface area contributed by atoms with Crippen molar-refractivity contribution in [1.82, 2.24) is 0 Å². The van der Waals surface area contributed by atoms with E-state index in [1.807, 2.05) is 0 Å². The number of methoxy groups -OCH3 is 2. The summed E-state index contributed by atoms with van der Waals surface area (Å²) >= 11 is 0. The number of hydrogen-bond donors (Lipinski definition) is 2. The Bertz CT molecular complexity index is 374. The van der Waals surface area contributed by atoms with Crippen molar-refractivity contribution in [3.63, 3.8) is 0 Å². The van der Waals surface area contributed by atoms with Crippen LogP contribution in [0.4, 0.5) is 0 Å². The first-order valence-electron chi connectivity index (χ1n) is 5.78. The molecular formula is C10H17N3O7. The minimum atomic E-state index is -1.19. The predicted molar refractivity (Wildman–Crippen MR) is 63.9 cm³/mol. The largest absolute Gasteiger partial charge is 0.480 e. The van der Waals surface area contributed by atoms with Crippen molar-refractivity contribution >= 4 is 5.97 Å². The number of aliphatic hydroxyl groups excluding tert-OH is 1. The number of ether oxygens (including phenoxy) is 4. The van der Waals surface area contributed by atoms with Gasteiger partial charge in [-0.3, -0.25) is 0 Å². The van der Waals surface area contributed by atoms with Gasteiger partial charge in [0.15, 0.2) is 6.29 Å². The second-order valence-corrected chi connectivity index (χ2v) is 4.03. The zero-order valence-electron chi connectivity index (χ0n) is 11.1. The lowest BCUT2D eigenvalue weighted by molar-refractivity contribution is -0.279. The van der Waals surface area contributed by atoms with E-state index in [0.717, 1.165) is 0 Å². The minimum absolute atomic E-state index is 0.446. The molecule has 0 aromatic carbocycles. The molecule has 10 heteroatoms. The van der Waals surface area contributed by atoms with Crippen LogP contribution in [0.1, 0.15) is 0 Å². The van der Waals surface area contributed by atoms with Crippen LogP contribution in [0.3, 0.4) is 0 Å². The second-order valence-electron chi connectivity index (χ2n) is 4.03. The predicted octanol–water partition coefficient (Wildman–Crippen LogP) is -0.486. The number of carboxylic acids is 1. The molecule has 0 amide bonds. The fourth-order valence-electron chi connectivity index (χ4n) is 2.05. The van der Waals surface area contributed by atoms with Gasteiger partial charge in [-0.15, -0.1) is 0 Å². The topological polar surface area (TPSA) is 143 Å². The van der Waals surface area contributed by atoms with Crippen LogP contribution < -0.4 is 0 Å². The van der Waals surface area contributed by atoms with E-state index in [-0.39, 0.29) is 0 Å². The summed E-state index contributed by atoms with van der Waals surface area (Å²) in [5, 5.41) is 21.5. The standard InChI is InChI=1S/C10H17N3O7/c1-17-9-7(12-13-11)8(19-4-6(15)16)5(3-14)20-10(9)18-2/h5,7-10,14H,3-4H2,1-2H3,(H,15,16)/t5-,7+,8-,9-,10-/m1/s1. The molecule has 0 bridgehead atoms. The molecule has 2 N–H and O–H groups in total. The zero-order valence-corrected chi connectivity index (χ0v) is 11.1. The van der Waals surface area contributed by atoms with E-state index < -0.39 is 49.8 Å². The monoisotopic (exact) mass is 291 g/mol. The van der Waals surface area contributed by atoms with Gasteiger partial charge in [0.2, 0.25) is 0 Å². The van der Waals surface area contributed by atoms with Gasteiger partial charge in [-0.05, 0) is 5.53 Å². The highest BCUT2D eigenvalue weighted by Gasteiger charge is 2.46. The molecule has 10 nitrogen and oxygen atoms in total. The Labute approximate surface area is 114 Å². The van der Waals surface area contributed by atoms with E-state index in [9.17, 15) is 9.90 Å². The van der Waals surface area contributed by atoms with Gasteiger partial charge >= 0.3 is 5.97 Å². The highest BCUT2D eigenvalue weighted by atomic mass is 16.7. The average Bonchev–Trinajstić information content (AvgIpc) is 2.44. The van der Waals surface area contributed by atoms with Gasteiger partial charge in [0.25, 0.3) is 0 Å². The van der Waals surface area contributed by atoms with Gasteiger partial charge in [-0.1, -0.05) is 5.11 Å². The Balaban J connectivity index is 2.99. The molecule has 20 heavy (non-hydrogen) atoms. The van der Waals surface area contributed by atoms with E-state index >= 15 is 0 Å². The number of carboxylic acid groups (broad SMARTS) is 1. The normalized spacial score (nSPS) is 33.5. The molecule has 0 spiro atoms. The first-order valence-corrected chi connectivity index (χ1v) is 5.78. The summed E-state index contributed by atoms with van der Waals surface area (Å²) < 4.78 is 20.8. The maximum absolute atomic E-state index is 10.6. The van der Waals surface area contributed by atoms with Crippen molar-refractivity contribution in [3.8, 4) is 0 Å². The SMILES string of the molecule is CO[C@@H]1O[C@H](CO)[C@@H](OCC(=O)O)[C@H](N=[N+]=[N-])[C@H]1OC. The summed E-state index contributed by atoms with van der Waals surface area (Å²) in [5.41, 5.74) is 8.63. The number of azide groups is 1. The van der Waals surface area contributed by atoms with Gasteiger partial charge in [0.1, 0.15) is 18.8 Å². The minimum Gasteiger partial charge on any atom is -0.480 e. The summed E-state index contributed by atoms with van der Waals surface area (Å²) in [7, 11) is 2.74. The Hall–Kier alpha value is -1.42. The summed E-state index contributed by atoms with van der Waals surface area (Å²) in [5.74, 6) is -1.19. The maximum atomic E-state index is 10.6. The molecule has 0 aromatic heterocycles. The van der Waals surface area contributed by atoms with Crippen LogP contribution >= 0.6 is 0 Å². The highest BCUT2D eigenvalue weighted by molar-refractivity contribution is 5.68. The Kier molecular flexibility index (Phi) is 6.65. The molecule has 114 valence electrons. The molecule has 1 fully saturated rings. The number of rotatable bonds is 7. The first-order chi connectivity index (χ1) is 9.58. The van der Waals surface area contributed by atoms with Crippen LogP contribution in [-0.4, -0.2) is 74.3 Å². The van der Waals surface area contributed by atoms with Gasteiger partial charge in [-0.25, -0.2) is 4.79 Å². The van der Waals surface area contributed by atoms with E-state index in [4.69, 9.17) is 29.6 Å². The molecule has 1 aliphatic heterocycles. The first kappa shape index (κ1) is 16.6. The lowest BCUT2D eigenvalue weighted by Gasteiger charge is -2.42. The molecule has 1 aliphatic rings. The lowest BCUT2D eigenvalue weighted by atomic mass is 9.96. The van der Waals surface area contributed by atoms with E-state index in [2.05, 4.69) is 10.0 Å². The molecule has 0 aliphatic carbocycles. The number of aliphatic hydroxyl groups is 1. The molecule has 0 saturated carbocycles. The maximum Gasteiger partial charge on any atom is 0.329 e. The van der Waals surface area contributed by atoms with Crippen LogP contribution in [0.25, 0.3) is 10.4 Å². The number of aliphatic carboxylic acids is 1. The second kappa shape index (κ2) is 8.00. The molecule has 1 saturated heterocycles. The molecular weight excluding hydrogens is 274 g/mol. The van der Waals surface area contributed by atoms with Crippen LogP contribution in [0.15, 0.2) is 5.11 Å². The number of hydrogen-bond acceptors (Lipinski definition) is 7. The summed E-state index contributed by atoms with van der Waals surface area (Å²) in [4.78, 5) is 13.3. The summed E-state index contributed by atoms with van der Waals surface area (Å²) in [6.07, 6.45) is -3.49. The fraction of sp³-hybridized carbons (Fsp3) is 0.900. The van der Waals surface area contributed by atoms with E-state index in [1.165, 1.54) is 14.2 Å². The smallest absolute Gasteiger partial charge is 0.329 e. The molecule has 1 rings (SSSR count). The van der Waals surface area contributed by atoms with Gasteiger partial charge in [-0.2, -0.15) is 0 Å². The third-order valence-electron chi connectivity index (χ3n) is 2.89. The fourth-order valence-corrected chi connectivity index (χ4v) is 2.05. The Morgan fingerprint density at radius 3 is 2.55 bits per heavy atom. The molecule has 5 atom stereocenters. The van der Waals surface area contributed by atoms with Crippen molar-refractivity contribution in [1.29, 1.82) is 0 Å². The number of nitrogens with zero attached hydrogens (tertiary/aromatic N) is 3. The number of carbonyl (C=O) groups is 1. The quantitative estimate of drug-likeness (QED) is 0.366. The van der Waals surface area contributed by atoms with Crippen molar-refractivity contribution in [2.45, 2.75) is 30.6 Å². The van der Waals surface area contributed by atoms with Crippen molar-refractivity contribution in [2.24, 2.45) is 5.11 Å². The third-order valence-corrected chi connectivity index (χ3v) is 2.89. The van der Waals surface area contributed by atoms with Crippen molar-refractivity contribution < 1.29 is 34.0 Å². The highest BCUT2D eigenvalue weighted by Crippen LogP contribution is 2.28. The van der Waals surface area contributed by atoms with Crippen molar-refractivity contribution in [2.75, 3.05) is 27.4 Å². The van der Waals surface area contributed by atoms with Crippen LogP contribution in [0.5, 0.6) is 0 Å². The summed E-state index contributed by atoms with van der Waals surface area (Å²) in [6.45, 7) is -1.06. The molecule has 1 heterocycles.